The van der Waals surface area contributed by atoms with Crippen LogP contribution in [-0.2, 0) is 0 Å². The second kappa shape index (κ2) is 5.32. The number of rotatable bonds is 3. The highest BCUT2D eigenvalue weighted by Gasteiger charge is 2.16. The fourth-order valence-corrected chi connectivity index (χ4v) is 1.72. The molecule has 2 N–H and O–H groups in total. The quantitative estimate of drug-likeness (QED) is 0.914. The Morgan fingerprint density at radius 1 is 1.00 bits per heavy atom. The molecule has 19 heavy (non-hydrogen) atoms. The molecule has 0 aliphatic heterocycles. The Labute approximate surface area is 108 Å². The van der Waals surface area contributed by atoms with Gasteiger partial charge in [0.2, 0.25) is 0 Å². The second-order valence-corrected chi connectivity index (χ2v) is 4.12. The van der Waals surface area contributed by atoms with Gasteiger partial charge in [-0.05, 0) is 31.2 Å². The van der Waals surface area contributed by atoms with Crippen molar-refractivity contribution in [3.63, 3.8) is 0 Å². The van der Waals surface area contributed by atoms with Crippen molar-refractivity contribution in [3.8, 4) is 11.5 Å². The van der Waals surface area contributed by atoms with Crippen LogP contribution >= 0.6 is 0 Å². The minimum atomic E-state index is -0.735. The molecule has 1 unspecified atom stereocenters. The highest BCUT2D eigenvalue weighted by Crippen LogP contribution is 2.32. The van der Waals surface area contributed by atoms with E-state index >= 15 is 0 Å². The van der Waals surface area contributed by atoms with Gasteiger partial charge in [-0.15, -0.1) is 0 Å². The van der Waals surface area contributed by atoms with Crippen molar-refractivity contribution >= 4 is 0 Å². The normalized spacial score (nSPS) is 12.3. The summed E-state index contributed by atoms with van der Waals surface area (Å²) in [6.45, 7) is 1.58. The van der Waals surface area contributed by atoms with Gasteiger partial charge in [-0.2, -0.15) is 0 Å². The molecule has 0 aromatic heterocycles. The second-order valence-electron chi connectivity index (χ2n) is 4.12. The van der Waals surface area contributed by atoms with Crippen molar-refractivity contribution < 1.29 is 17.9 Å². The molecule has 2 aromatic rings. The fourth-order valence-electron chi connectivity index (χ4n) is 1.72. The number of nitrogens with two attached hydrogens (primary N) is 1. The Kier molecular flexibility index (Phi) is 3.76. The van der Waals surface area contributed by atoms with E-state index in [-0.39, 0.29) is 17.1 Å². The third kappa shape index (κ3) is 2.88. The molecule has 0 saturated heterocycles. The molecule has 0 fully saturated rings. The Hall–Kier alpha value is -2.01. The van der Waals surface area contributed by atoms with E-state index in [1.165, 1.54) is 18.2 Å². The molecular weight excluding hydrogens is 255 g/mol. The van der Waals surface area contributed by atoms with Crippen LogP contribution in [0, 0.1) is 17.5 Å². The van der Waals surface area contributed by atoms with Gasteiger partial charge in [0.15, 0.2) is 11.6 Å². The van der Waals surface area contributed by atoms with Crippen LogP contribution in [-0.4, -0.2) is 0 Å². The molecule has 0 aliphatic carbocycles. The van der Waals surface area contributed by atoms with Crippen molar-refractivity contribution in [3.05, 3.63) is 59.4 Å². The summed E-state index contributed by atoms with van der Waals surface area (Å²) in [5, 5.41) is 0. The van der Waals surface area contributed by atoms with Crippen LogP contribution in [0.4, 0.5) is 13.2 Å². The molecule has 1 atom stereocenters. The maximum absolute atomic E-state index is 13.7. The van der Waals surface area contributed by atoms with Gasteiger partial charge in [0.05, 0.1) is 0 Å². The summed E-state index contributed by atoms with van der Waals surface area (Å²) in [5.41, 5.74) is 5.77. The van der Waals surface area contributed by atoms with Gasteiger partial charge >= 0.3 is 0 Å². The van der Waals surface area contributed by atoms with E-state index in [0.717, 1.165) is 18.2 Å². The molecular formula is C14H12F3NO. The van der Waals surface area contributed by atoms with Crippen molar-refractivity contribution in [1.82, 2.24) is 0 Å². The Bertz CT molecular complexity index is 599. The zero-order chi connectivity index (χ0) is 14.0. The number of ether oxygens (including phenoxy) is 1. The molecule has 2 aromatic carbocycles. The first-order valence-corrected chi connectivity index (χ1v) is 5.66. The number of hydrogen-bond acceptors (Lipinski definition) is 2. The Morgan fingerprint density at radius 2 is 1.74 bits per heavy atom. The van der Waals surface area contributed by atoms with Crippen LogP contribution in [0.3, 0.4) is 0 Å². The van der Waals surface area contributed by atoms with Gasteiger partial charge in [-0.1, -0.05) is 6.07 Å². The molecule has 100 valence electrons. The molecule has 2 nitrogen and oxygen atoms in total. The van der Waals surface area contributed by atoms with E-state index < -0.39 is 23.5 Å². The van der Waals surface area contributed by atoms with Crippen LogP contribution in [0.15, 0.2) is 36.4 Å². The summed E-state index contributed by atoms with van der Waals surface area (Å²) in [5.74, 6) is -2.17. The van der Waals surface area contributed by atoms with Gasteiger partial charge < -0.3 is 10.5 Å². The zero-order valence-corrected chi connectivity index (χ0v) is 10.2. The molecule has 0 bridgehead atoms. The first-order valence-electron chi connectivity index (χ1n) is 5.66. The van der Waals surface area contributed by atoms with Crippen molar-refractivity contribution in [2.45, 2.75) is 13.0 Å². The Morgan fingerprint density at radius 3 is 2.42 bits per heavy atom. The zero-order valence-electron chi connectivity index (χ0n) is 10.2. The summed E-state index contributed by atoms with van der Waals surface area (Å²) < 4.78 is 45.4. The van der Waals surface area contributed by atoms with Crippen LogP contribution in [0.1, 0.15) is 18.5 Å². The standard InChI is InChI=1S/C14H12F3NO/c1-8(18)14-11(17)3-2-4-12(14)19-13-7-9(15)5-6-10(13)16/h2-8H,18H2,1H3. The lowest BCUT2D eigenvalue weighted by molar-refractivity contribution is 0.423. The third-order valence-corrected chi connectivity index (χ3v) is 2.58. The molecule has 2 rings (SSSR count). The number of hydrogen-bond donors (Lipinski definition) is 1. The van der Waals surface area contributed by atoms with Gasteiger partial charge in [0, 0.05) is 17.7 Å². The predicted molar refractivity (Wildman–Crippen MR) is 65.4 cm³/mol. The van der Waals surface area contributed by atoms with Crippen LogP contribution in [0.2, 0.25) is 0 Å². The minimum Gasteiger partial charge on any atom is -0.454 e. The summed E-state index contributed by atoms with van der Waals surface area (Å²) >= 11 is 0. The highest BCUT2D eigenvalue weighted by molar-refractivity contribution is 5.40. The lowest BCUT2D eigenvalue weighted by Crippen LogP contribution is -2.09. The maximum Gasteiger partial charge on any atom is 0.165 e. The minimum absolute atomic E-state index is 0.0690. The van der Waals surface area contributed by atoms with Crippen molar-refractivity contribution in [1.29, 1.82) is 0 Å². The van der Waals surface area contributed by atoms with Crippen LogP contribution in [0.5, 0.6) is 11.5 Å². The molecule has 0 heterocycles. The van der Waals surface area contributed by atoms with Gasteiger partial charge in [-0.25, -0.2) is 13.2 Å². The van der Waals surface area contributed by atoms with Gasteiger partial charge in [0.1, 0.15) is 17.4 Å². The van der Waals surface area contributed by atoms with Gasteiger partial charge in [0.25, 0.3) is 0 Å². The first kappa shape index (κ1) is 13.4. The van der Waals surface area contributed by atoms with E-state index in [9.17, 15) is 13.2 Å². The lowest BCUT2D eigenvalue weighted by atomic mass is 10.1. The molecule has 0 spiro atoms. The summed E-state index contributed by atoms with van der Waals surface area (Å²) in [6, 6.07) is 6.27. The molecule has 0 radical (unpaired) electrons. The van der Waals surface area contributed by atoms with E-state index in [0.29, 0.717) is 0 Å². The van der Waals surface area contributed by atoms with Crippen LogP contribution in [0.25, 0.3) is 0 Å². The van der Waals surface area contributed by atoms with E-state index in [4.69, 9.17) is 10.5 Å². The predicted octanol–water partition coefficient (Wildman–Crippen LogP) is 3.92. The molecule has 0 aliphatic rings. The van der Waals surface area contributed by atoms with E-state index in [2.05, 4.69) is 0 Å². The molecule has 5 heteroatoms. The molecule has 0 saturated carbocycles. The summed E-state index contributed by atoms with van der Waals surface area (Å²) in [6.07, 6.45) is 0. The topological polar surface area (TPSA) is 35.2 Å². The monoisotopic (exact) mass is 267 g/mol. The SMILES string of the molecule is CC(N)c1c(F)cccc1Oc1cc(F)ccc1F. The van der Waals surface area contributed by atoms with E-state index in [1.807, 2.05) is 0 Å². The Balaban J connectivity index is 2.44. The summed E-state index contributed by atoms with van der Waals surface area (Å²) in [4.78, 5) is 0. The average molecular weight is 267 g/mol. The van der Waals surface area contributed by atoms with E-state index in [1.54, 1.807) is 6.92 Å². The maximum atomic E-state index is 13.7. The number of benzene rings is 2. The molecule has 0 amide bonds. The number of halogens is 3. The lowest BCUT2D eigenvalue weighted by Gasteiger charge is -2.14. The largest absolute Gasteiger partial charge is 0.454 e. The average Bonchev–Trinajstić information content (AvgIpc) is 2.33. The first-order chi connectivity index (χ1) is 8.99. The van der Waals surface area contributed by atoms with Crippen molar-refractivity contribution in [2.75, 3.05) is 0 Å². The third-order valence-electron chi connectivity index (χ3n) is 2.58. The summed E-state index contributed by atoms with van der Waals surface area (Å²) in [7, 11) is 0. The van der Waals surface area contributed by atoms with Crippen molar-refractivity contribution in [2.24, 2.45) is 5.73 Å². The van der Waals surface area contributed by atoms with Crippen LogP contribution < -0.4 is 10.5 Å². The highest BCUT2D eigenvalue weighted by atomic mass is 19.1. The fraction of sp³-hybridized carbons (Fsp3) is 0.143. The van der Waals surface area contributed by atoms with Gasteiger partial charge in [-0.3, -0.25) is 0 Å². The smallest absolute Gasteiger partial charge is 0.165 e.